The van der Waals surface area contributed by atoms with Gasteiger partial charge in [-0.2, -0.15) is 0 Å². The van der Waals surface area contributed by atoms with Gasteiger partial charge in [-0.15, -0.1) is 12.4 Å². The van der Waals surface area contributed by atoms with Gasteiger partial charge in [0.05, 0.1) is 6.61 Å². The van der Waals surface area contributed by atoms with Crippen LogP contribution in [0.4, 0.5) is 0 Å². The van der Waals surface area contributed by atoms with E-state index in [1.807, 2.05) is 0 Å². The van der Waals surface area contributed by atoms with Crippen molar-refractivity contribution in [2.45, 2.75) is 19.6 Å². The summed E-state index contributed by atoms with van der Waals surface area (Å²) in [6.07, 6.45) is 1.36. The molecule has 0 saturated carbocycles. The van der Waals surface area contributed by atoms with E-state index < -0.39 is 0 Å². The molecule has 1 saturated heterocycles. The van der Waals surface area contributed by atoms with Gasteiger partial charge >= 0.3 is 0 Å². The summed E-state index contributed by atoms with van der Waals surface area (Å²) in [5.41, 5.74) is 0. The van der Waals surface area contributed by atoms with Gasteiger partial charge in [-0.1, -0.05) is 6.92 Å². The molecule has 1 fully saturated rings. The monoisotopic (exact) mass is 208 g/mol. The van der Waals surface area contributed by atoms with Crippen molar-refractivity contribution in [2.24, 2.45) is 5.92 Å². The fourth-order valence-corrected chi connectivity index (χ4v) is 1.29. The standard InChI is InChI=1S/C9H20N2O.ClH/c1-8-6-10-9(12-7-8)4-5-11(2)3;/h8-10H,4-7H2,1-3H3;1H. The second-order valence-electron chi connectivity index (χ2n) is 3.93. The van der Waals surface area contributed by atoms with E-state index in [2.05, 4.69) is 31.2 Å². The van der Waals surface area contributed by atoms with E-state index in [1.54, 1.807) is 0 Å². The first-order valence-corrected chi connectivity index (χ1v) is 4.68. The molecule has 0 aliphatic carbocycles. The largest absolute Gasteiger partial charge is 0.363 e. The van der Waals surface area contributed by atoms with E-state index in [-0.39, 0.29) is 18.6 Å². The van der Waals surface area contributed by atoms with Gasteiger partial charge < -0.3 is 9.64 Å². The molecule has 4 heteroatoms. The summed E-state index contributed by atoms with van der Waals surface area (Å²) in [6.45, 7) is 5.30. The predicted molar refractivity (Wildman–Crippen MR) is 57.3 cm³/mol. The average molecular weight is 209 g/mol. The Bertz CT molecular complexity index is 125. The number of hydrogen-bond acceptors (Lipinski definition) is 3. The Balaban J connectivity index is 0.00000144. The third kappa shape index (κ3) is 5.47. The minimum absolute atomic E-state index is 0. The molecule has 0 aromatic rings. The molecule has 0 bridgehead atoms. The van der Waals surface area contributed by atoms with E-state index in [9.17, 15) is 0 Å². The van der Waals surface area contributed by atoms with E-state index in [1.165, 1.54) is 0 Å². The Labute approximate surface area is 87.2 Å². The van der Waals surface area contributed by atoms with Gasteiger partial charge in [0.2, 0.25) is 0 Å². The summed E-state index contributed by atoms with van der Waals surface area (Å²) in [5.74, 6) is 0.667. The molecule has 3 nitrogen and oxygen atoms in total. The van der Waals surface area contributed by atoms with Crippen LogP contribution in [0.3, 0.4) is 0 Å². The maximum Gasteiger partial charge on any atom is 0.109 e. The molecule has 1 aliphatic rings. The van der Waals surface area contributed by atoms with Crippen LogP contribution in [0.25, 0.3) is 0 Å². The normalized spacial score (nSPS) is 28.6. The lowest BCUT2D eigenvalue weighted by Crippen LogP contribution is -2.43. The lowest BCUT2D eigenvalue weighted by Gasteiger charge is -2.29. The zero-order chi connectivity index (χ0) is 8.97. The predicted octanol–water partition coefficient (Wildman–Crippen LogP) is 0.942. The van der Waals surface area contributed by atoms with Gasteiger partial charge in [0, 0.05) is 13.1 Å². The van der Waals surface area contributed by atoms with Gasteiger partial charge in [0.15, 0.2) is 0 Å². The molecule has 0 spiro atoms. The van der Waals surface area contributed by atoms with E-state index >= 15 is 0 Å². The van der Waals surface area contributed by atoms with Crippen molar-refractivity contribution in [3.8, 4) is 0 Å². The highest BCUT2D eigenvalue weighted by molar-refractivity contribution is 5.85. The smallest absolute Gasteiger partial charge is 0.109 e. The van der Waals surface area contributed by atoms with Crippen molar-refractivity contribution in [1.82, 2.24) is 10.2 Å². The minimum atomic E-state index is 0. The lowest BCUT2D eigenvalue weighted by molar-refractivity contribution is -0.0303. The molecule has 1 aliphatic heterocycles. The summed E-state index contributed by atoms with van der Waals surface area (Å²) < 4.78 is 5.60. The first kappa shape index (κ1) is 13.2. The SMILES string of the molecule is CC1CNC(CCN(C)C)OC1.Cl. The van der Waals surface area contributed by atoms with Gasteiger partial charge in [-0.25, -0.2) is 0 Å². The second-order valence-corrected chi connectivity index (χ2v) is 3.93. The van der Waals surface area contributed by atoms with Crippen molar-refractivity contribution in [1.29, 1.82) is 0 Å². The highest BCUT2D eigenvalue weighted by Gasteiger charge is 2.16. The Morgan fingerprint density at radius 3 is 2.62 bits per heavy atom. The molecule has 1 N–H and O–H groups in total. The molecular weight excluding hydrogens is 188 g/mol. The van der Waals surface area contributed by atoms with Crippen molar-refractivity contribution in [3.05, 3.63) is 0 Å². The van der Waals surface area contributed by atoms with Crippen molar-refractivity contribution >= 4 is 12.4 Å². The number of halogens is 1. The van der Waals surface area contributed by atoms with Crippen LogP contribution in [-0.4, -0.2) is 44.9 Å². The third-order valence-electron chi connectivity index (χ3n) is 2.11. The molecule has 2 atom stereocenters. The molecule has 0 aromatic carbocycles. The summed E-state index contributed by atoms with van der Waals surface area (Å²) in [7, 11) is 4.18. The van der Waals surface area contributed by atoms with Gasteiger partial charge in [-0.3, -0.25) is 5.32 Å². The zero-order valence-electron chi connectivity index (χ0n) is 8.75. The molecule has 0 amide bonds. The number of rotatable bonds is 3. The highest BCUT2D eigenvalue weighted by atomic mass is 35.5. The van der Waals surface area contributed by atoms with Crippen LogP contribution in [-0.2, 0) is 4.74 Å². The quantitative estimate of drug-likeness (QED) is 0.748. The van der Waals surface area contributed by atoms with E-state index in [0.29, 0.717) is 5.92 Å². The minimum Gasteiger partial charge on any atom is -0.363 e. The van der Waals surface area contributed by atoms with Gasteiger partial charge in [0.1, 0.15) is 6.23 Å². The number of nitrogens with zero attached hydrogens (tertiary/aromatic N) is 1. The Morgan fingerprint density at radius 1 is 1.46 bits per heavy atom. The number of ether oxygens (including phenoxy) is 1. The summed E-state index contributed by atoms with van der Waals surface area (Å²) in [6, 6.07) is 0. The molecule has 0 aromatic heterocycles. The highest BCUT2D eigenvalue weighted by Crippen LogP contribution is 2.06. The van der Waals surface area contributed by atoms with E-state index in [4.69, 9.17) is 4.74 Å². The third-order valence-corrected chi connectivity index (χ3v) is 2.11. The number of hydrogen-bond donors (Lipinski definition) is 1. The zero-order valence-corrected chi connectivity index (χ0v) is 9.56. The Hall–Kier alpha value is 0.170. The van der Waals surface area contributed by atoms with Crippen LogP contribution < -0.4 is 5.32 Å². The van der Waals surface area contributed by atoms with Crippen molar-refractivity contribution in [3.63, 3.8) is 0 Å². The van der Waals surface area contributed by atoms with Crippen LogP contribution in [0.2, 0.25) is 0 Å². The van der Waals surface area contributed by atoms with Crippen LogP contribution in [0, 0.1) is 5.92 Å². The molecule has 1 heterocycles. The van der Waals surface area contributed by atoms with Gasteiger partial charge in [0.25, 0.3) is 0 Å². The Morgan fingerprint density at radius 2 is 2.15 bits per heavy atom. The first-order valence-electron chi connectivity index (χ1n) is 4.68. The summed E-state index contributed by atoms with van der Waals surface area (Å²) in [5, 5.41) is 3.38. The summed E-state index contributed by atoms with van der Waals surface area (Å²) in [4.78, 5) is 2.18. The van der Waals surface area contributed by atoms with Crippen LogP contribution in [0.1, 0.15) is 13.3 Å². The molecular formula is C9H21ClN2O. The van der Waals surface area contributed by atoms with Crippen molar-refractivity contribution < 1.29 is 4.74 Å². The molecule has 1 rings (SSSR count). The van der Waals surface area contributed by atoms with E-state index in [0.717, 1.165) is 26.1 Å². The lowest BCUT2D eigenvalue weighted by atomic mass is 10.1. The van der Waals surface area contributed by atoms with Crippen LogP contribution in [0.5, 0.6) is 0 Å². The average Bonchev–Trinajstić information content (AvgIpc) is 2.03. The van der Waals surface area contributed by atoms with Gasteiger partial charge in [-0.05, 0) is 26.4 Å². The topological polar surface area (TPSA) is 24.5 Å². The van der Waals surface area contributed by atoms with Crippen LogP contribution >= 0.6 is 12.4 Å². The maximum atomic E-state index is 5.60. The summed E-state index contributed by atoms with van der Waals surface area (Å²) >= 11 is 0. The molecule has 80 valence electrons. The van der Waals surface area contributed by atoms with Crippen molar-refractivity contribution in [2.75, 3.05) is 33.8 Å². The number of nitrogens with one attached hydrogen (secondary N) is 1. The molecule has 2 unspecified atom stereocenters. The second kappa shape index (κ2) is 6.60. The Kier molecular flexibility index (Phi) is 6.68. The van der Waals surface area contributed by atoms with Crippen LogP contribution in [0.15, 0.2) is 0 Å². The molecule has 0 radical (unpaired) electrons. The fourth-order valence-electron chi connectivity index (χ4n) is 1.29. The fraction of sp³-hybridized carbons (Fsp3) is 1.00. The molecule has 13 heavy (non-hydrogen) atoms. The maximum absolute atomic E-state index is 5.60. The first-order chi connectivity index (χ1) is 5.68.